The van der Waals surface area contributed by atoms with Crippen LogP contribution in [0.2, 0.25) is 5.02 Å². The second-order valence-electron chi connectivity index (χ2n) is 2.95. The van der Waals surface area contributed by atoms with Crippen LogP contribution in [-0.4, -0.2) is 15.0 Å². The van der Waals surface area contributed by atoms with Crippen LogP contribution in [0.25, 0.3) is 11.4 Å². The number of nitrogen functional groups attached to an aromatic ring is 1. The SMILES string of the molecule is NNc1nc(-c2ccccc2Cl)[nH]c(=O)n1. The second-order valence-corrected chi connectivity index (χ2v) is 3.36. The number of hydrogen-bond donors (Lipinski definition) is 3. The summed E-state index contributed by atoms with van der Waals surface area (Å²) < 4.78 is 0. The first-order chi connectivity index (χ1) is 7.70. The molecule has 7 heteroatoms. The lowest BCUT2D eigenvalue weighted by atomic mass is 10.2. The number of nitrogens with one attached hydrogen (secondary N) is 2. The van der Waals surface area contributed by atoms with Gasteiger partial charge in [-0.05, 0) is 12.1 Å². The molecule has 4 N–H and O–H groups in total. The van der Waals surface area contributed by atoms with Gasteiger partial charge >= 0.3 is 5.69 Å². The maximum absolute atomic E-state index is 11.2. The largest absolute Gasteiger partial charge is 0.349 e. The molecule has 0 fully saturated rings. The number of aromatic amines is 1. The Morgan fingerprint density at radius 2 is 2.06 bits per heavy atom. The quantitative estimate of drug-likeness (QED) is 0.530. The Morgan fingerprint density at radius 1 is 1.31 bits per heavy atom. The monoisotopic (exact) mass is 237 g/mol. The van der Waals surface area contributed by atoms with Crippen LogP contribution >= 0.6 is 11.6 Å². The molecule has 0 unspecified atom stereocenters. The molecular formula is C9H8ClN5O. The van der Waals surface area contributed by atoms with Crippen LogP contribution in [0.4, 0.5) is 5.95 Å². The summed E-state index contributed by atoms with van der Waals surface area (Å²) in [5.74, 6) is 5.50. The van der Waals surface area contributed by atoms with E-state index in [0.717, 1.165) is 0 Å². The van der Waals surface area contributed by atoms with E-state index in [1.165, 1.54) is 0 Å². The Hall–Kier alpha value is -1.92. The highest BCUT2D eigenvalue weighted by molar-refractivity contribution is 6.33. The van der Waals surface area contributed by atoms with Crippen molar-refractivity contribution in [3.63, 3.8) is 0 Å². The zero-order valence-corrected chi connectivity index (χ0v) is 8.82. The number of hydrogen-bond acceptors (Lipinski definition) is 5. The molecule has 82 valence electrons. The number of anilines is 1. The van der Waals surface area contributed by atoms with Crippen LogP contribution in [0, 0.1) is 0 Å². The van der Waals surface area contributed by atoms with E-state index in [0.29, 0.717) is 16.4 Å². The van der Waals surface area contributed by atoms with E-state index in [-0.39, 0.29) is 5.95 Å². The van der Waals surface area contributed by atoms with Gasteiger partial charge < -0.3 is 0 Å². The third kappa shape index (κ3) is 2.02. The van der Waals surface area contributed by atoms with E-state index < -0.39 is 5.69 Å². The average molecular weight is 238 g/mol. The van der Waals surface area contributed by atoms with Gasteiger partial charge in [0.15, 0.2) is 0 Å². The summed E-state index contributed by atoms with van der Waals surface area (Å²) in [7, 11) is 0. The molecule has 0 radical (unpaired) electrons. The molecule has 6 nitrogen and oxygen atoms in total. The maximum Gasteiger partial charge on any atom is 0.349 e. The van der Waals surface area contributed by atoms with Crippen LogP contribution in [0.5, 0.6) is 0 Å². The summed E-state index contributed by atoms with van der Waals surface area (Å²) in [5, 5.41) is 0.486. The van der Waals surface area contributed by atoms with Gasteiger partial charge in [0.05, 0.1) is 5.02 Å². The topological polar surface area (TPSA) is 96.7 Å². The number of H-pyrrole nitrogens is 1. The molecule has 16 heavy (non-hydrogen) atoms. The summed E-state index contributed by atoms with van der Waals surface area (Å²) in [4.78, 5) is 21.2. The fourth-order valence-corrected chi connectivity index (χ4v) is 1.45. The highest BCUT2D eigenvalue weighted by Gasteiger charge is 2.07. The third-order valence-corrected chi connectivity index (χ3v) is 2.24. The van der Waals surface area contributed by atoms with Crippen LogP contribution < -0.4 is 17.0 Å². The number of nitrogens with zero attached hydrogens (tertiary/aromatic N) is 2. The van der Waals surface area contributed by atoms with E-state index in [1.54, 1.807) is 24.3 Å². The van der Waals surface area contributed by atoms with Crippen molar-refractivity contribution in [2.75, 3.05) is 5.43 Å². The minimum Gasteiger partial charge on any atom is -0.292 e. The van der Waals surface area contributed by atoms with E-state index in [4.69, 9.17) is 17.4 Å². The molecule has 0 bridgehead atoms. The van der Waals surface area contributed by atoms with Crippen molar-refractivity contribution in [3.05, 3.63) is 39.8 Å². The Morgan fingerprint density at radius 3 is 2.75 bits per heavy atom. The molecule has 0 atom stereocenters. The first-order valence-corrected chi connectivity index (χ1v) is 4.78. The normalized spacial score (nSPS) is 10.1. The first kappa shape index (κ1) is 10.6. The number of nitrogens with two attached hydrogens (primary N) is 1. The van der Waals surface area contributed by atoms with Crippen LogP contribution in [0.3, 0.4) is 0 Å². The molecule has 0 aliphatic carbocycles. The minimum absolute atomic E-state index is 0.0404. The van der Waals surface area contributed by atoms with Gasteiger partial charge in [-0.25, -0.2) is 10.6 Å². The molecular weight excluding hydrogens is 230 g/mol. The Kier molecular flexibility index (Phi) is 2.84. The van der Waals surface area contributed by atoms with Crippen molar-refractivity contribution in [1.82, 2.24) is 15.0 Å². The van der Waals surface area contributed by atoms with Crippen molar-refractivity contribution in [2.45, 2.75) is 0 Å². The van der Waals surface area contributed by atoms with E-state index in [2.05, 4.69) is 20.4 Å². The lowest BCUT2D eigenvalue weighted by Gasteiger charge is -2.04. The van der Waals surface area contributed by atoms with Crippen molar-refractivity contribution in [3.8, 4) is 11.4 Å². The van der Waals surface area contributed by atoms with Crippen molar-refractivity contribution >= 4 is 17.5 Å². The Bertz CT molecular complexity index is 568. The van der Waals surface area contributed by atoms with Crippen LogP contribution in [0.15, 0.2) is 29.1 Å². The molecule has 0 saturated heterocycles. The summed E-state index contributed by atoms with van der Waals surface area (Å²) >= 11 is 5.97. The number of aromatic nitrogens is 3. The molecule has 1 heterocycles. The highest BCUT2D eigenvalue weighted by atomic mass is 35.5. The lowest BCUT2D eigenvalue weighted by molar-refractivity contribution is 0.985. The number of benzene rings is 1. The van der Waals surface area contributed by atoms with Gasteiger partial charge in [0.1, 0.15) is 5.82 Å². The molecule has 0 aliphatic rings. The molecule has 1 aromatic heterocycles. The predicted octanol–water partition coefficient (Wildman–Crippen LogP) is 0.771. The van der Waals surface area contributed by atoms with Crippen molar-refractivity contribution in [1.29, 1.82) is 0 Å². The standard InChI is InChI=1S/C9H8ClN5O/c10-6-4-2-1-3-5(6)7-12-8(15-11)14-9(16)13-7/h1-4H,11H2,(H2,12,13,14,15,16). The zero-order chi connectivity index (χ0) is 11.5. The molecule has 2 aromatic rings. The molecule has 0 saturated carbocycles. The van der Waals surface area contributed by atoms with Gasteiger partial charge in [-0.1, -0.05) is 23.7 Å². The first-order valence-electron chi connectivity index (χ1n) is 4.40. The number of halogens is 1. The summed E-state index contributed by atoms with van der Waals surface area (Å²) in [6.45, 7) is 0. The van der Waals surface area contributed by atoms with Gasteiger partial charge in [0.2, 0.25) is 5.95 Å². The fraction of sp³-hybridized carbons (Fsp3) is 0. The summed E-state index contributed by atoms with van der Waals surface area (Å²) in [5.41, 5.74) is 2.28. The van der Waals surface area contributed by atoms with E-state index in [9.17, 15) is 4.79 Å². The van der Waals surface area contributed by atoms with Gasteiger partial charge in [0, 0.05) is 5.56 Å². The van der Waals surface area contributed by atoms with Gasteiger partial charge in [-0.2, -0.15) is 9.97 Å². The predicted molar refractivity (Wildman–Crippen MR) is 60.9 cm³/mol. The van der Waals surface area contributed by atoms with Crippen LogP contribution in [-0.2, 0) is 0 Å². The van der Waals surface area contributed by atoms with Gasteiger partial charge in [-0.3, -0.25) is 10.4 Å². The Balaban J connectivity index is 2.60. The van der Waals surface area contributed by atoms with Crippen molar-refractivity contribution in [2.24, 2.45) is 5.84 Å². The molecule has 0 spiro atoms. The molecule has 1 aromatic carbocycles. The molecule has 0 amide bonds. The Labute approximate surface area is 95.5 Å². The minimum atomic E-state index is -0.544. The van der Waals surface area contributed by atoms with Crippen LogP contribution in [0.1, 0.15) is 0 Å². The number of rotatable bonds is 2. The van der Waals surface area contributed by atoms with Gasteiger partial charge in [-0.15, -0.1) is 0 Å². The lowest BCUT2D eigenvalue weighted by Crippen LogP contribution is -2.19. The zero-order valence-electron chi connectivity index (χ0n) is 8.07. The fourth-order valence-electron chi connectivity index (χ4n) is 1.23. The van der Waals surface area contributed by atoms with Gasteiger partial charge in [0.25, 0.3) is 0 Å². The smallest absolute Gasteiger partial charge is 0.292 e. The number of hydrazine groups is 1. The van der Waals surface area contributed by atoms with E-state index >= 15 is 0 Å². The third-order valence-electron chi connectivity index (χ3n) is 1.91. The maximum atomic E-state index is 11.2. The molecule has 0 aliphatic heterocycles. The summed E-state index contributed by atoms with van der Waals surface area (Å²) in [6.07, 6.45) is 0. The van der Waals surface area contributed by atoms with Crippen molar-refractivity contribution < 1.29 is 0 Å². The van der Waals surface area contributed by atoms with E-state index in [1.807, 2.05) is 0 Å². The summed E-state index contributed by atoms with van der Waals surface area (Å²) in [6, 6.07) is 7.01. The second kappa shape index (κ2) is 4.30. The molecule has 2 rings (SSSR count). The highest BCUT2D eigenvalue weighted by Crippen LogP contribution is 2.23. The average Bonchev–Trinajstić information content (AvgIpc) is 2.28.